The quantitative estimate of drug-likeness (QED) is 0.484. The molecule has 1 aromatic carbocycles. The zero-order valence-electron chi connectivity index (χ0n) is 21.2. The topological polar surface area (TPSA) is 101 Å². The predicted octanol–water partition coefficient (Wildman–Crippen LogP) is 4.82. The molecule has 0 spiro atoms. The lowest BCUT2D eigenvalue weighted by molar-refractivity contribution is 0.109. The number of anilines is 1. The maximum atomic E-state index is 13.2. The number of amides is 1. The van der Waals surface area contributed by atoms with Crippen LogP contribution in [0.2, 0.25) is 0 Å². The molecule has 1 aliphatic carbocycles. The SMILES string of the molecule is CCNS(=O)(=O)c1cc(N2CCSCC2)ccc1-c1cnc(C2CCC(NC(=O)OC(C)C)CC2)s1. The second kappa shape index (κ2) is 12.1. The highest BCUT2D eigenvalue weighted by atomic mass is 32.2. The Hall–Kier alpha value is -1.82. The second-order valence-corrected chi connectivity index (χ2v) is 13.5. The molecule has 2 fully saturated rings. The number of nitrogens with one attached hydrogen (secondary N) is 2. The zero-order valence-corrected chi connectivity index (χ0v) is 23.6. The lowest BCUT2D eigenvalue weighted by Crippen LogP contribution is -2.38. The number of hydrogen-bond acceptors (Lipinski definition) is 8. The highest BCUT2D eigenvalue weighted by molar-refractivity contribution is 7.99. The van der Waals surface area contributed by atoms with Crippen LogP contribution in [0.5, 0.6) is 0 Å². The molecule has 1 saturated carbocycles. The van der Waals surface area contributed by atoms with E-state index in [1.54, 1.807) is 18.3 Å². The van der Waals surface area contributed by atoms with Crippen molar-refractivity contribution in [2.45, 2.75) is 69.4 Å². The van der Waals surface area contributed by atoms with Gasteiger partial charge in [-0.2, -0.15) is 11.8 Å². The van der Waals surface area contributed by atoms with Gasteiger partial charge in [-0.3, -0.25) is 0 Å². The van der Waals surface area contributed by atoms with Crippen molar-refractivity contribution in [2.24, 2.45) is 0 Å². The van der Waals surface area contributed by atoms with Gasteiger partial charge in [0.25, 0.3) is 0 Å². The summed E-state index contributed by atoms with van der Waals surface area (Å²) >= 11 is 3.50. The number of hydrogen-bond donors (Lipinski definition) is 2. The van der Waals surface area contributed by atoms with Crippen molar-refractivity contribution in [3.63, 3.8) is 0 Å². The van der Waals surface area contributed by atoms with Crippen LogP contribution in [-0.2, 0) is 14.8 Å². The van der Waals surface area contributed by atoms with Crippen LogP contribution in [0.4, 0.5) is 10.5 Å². The molecular formula is C25H36N4O4S3. The molecule has 198 valence electrons. The summed E-state index contributed by atoms with van der Waals surface area (Å²) in [6.07, 6.45) is 4.91. The molecule has 1 amide bonds. The van der Waals surface area contributed by atoms with Gasteiger partial charge in [0.05, 0.1) is 20.9 Å². The third-order valence-corrected chi connectivity index (χ3v) is 10.2. The molecular weight excluding hydrogens is 517 g/mol. The standard InChI is InChI=1S/C25H36N4O4S3/c1-4-27-36(31,32)23-15-20(29-11-13-34-14-12-29)9-10-21(23)22-16-26-24(35-22)18-5-7-19(8-6-18)28-25(30)33-17(2)3/h9-10,15-19,27H,4-8,11-14H2,1-3H3,(H,28,30). The molecule has 4 rings (SSSR count). The minimum Gasteiger partial charge on any atom is -0.447 e. The number of carbonyl (C=O) groups excluding carboxylic acids is 1. The van der Waals surface area contributed by atoms with E-state index in [0.29, 0.717) is 22.9 Å². The van der Waals surface area contributed by atoms with Crippen molar-refractivity contribution in [3.05, 3.63) is 29.4 Å². The smallest absolute Gasteiger partial charge is 0.407 e. The van der Waals surface area contributed by atoms with E-state index in [4.69, 9.17) is 9.72 Å². The number of carbonyl (C=O) groups is 1. The van der Waals surface area contributed by atoms with E-state index in [9.17, 15) is 13.2 Å². The Morgan fingerprint density at radius 3 is 2.58 bits per heavy atom. The summed E-state index contributed by atoms with van der Waals surface area (Å²) in [5.74, 6) is 2.40. The van der Waals surface area contributed by atoms with Gasteiger partial charge in [0.15, 0.2) is 0 Å². The largest absolute Gasteiger partial charge is 0.447 e. The molecule has 0 radical (unpaired) electrons. The molecule has 11 heteroatoms. The molecule has 0 atom stereocenters. The van der Waals surface area contributed by atoms with Gasteiger partial charge in [0.2, 0.25) is 10.0 Å². The number of rotatable bonds is 8. The van der Waals surface area contributed by atoms with E-state index in [1.807, 2.05) is 50.0 Å². The summed E-state index contributed by atoms with van der Waals surface area (Å²) in [6, 6.07) is 5.89. The summed E-state index contributed by atoms with van der Waals surface area (Å²) in [4.78, 5) is 20.0. The van der Waals surface area contributed by atoms with Crippen LogP contribution in [0.3, 0.4) is 0 Å². The fraction of sp³-hybridized carbons (Fsp3) is 0.600. The highest BCUT2D eigenvalue weighted by Gasteiger charge is 2.28. The van der Waals surface area contributed by atoms with E-state index >= 15 is 0 Å². The average Bonchev–Trinajstić information content (AvgIpc) is 3.34. The Balaban J connectivity index is 1.51. The van der Waals surface area contributed by atoms with Gasteiger partial charge >= 0.3 is 6.09 Å². The number of sulfonamides is 1. The Bertz CT molecular complexity index is 1140. The number of ether oxygens (including phenoxy) is 1. The van der Waals surface area contributed by atoms with Crippen LogP contribution in [0.15, 0.2) is 29.3 Å². The highest BCUT2D eigenvalue weighted by Crippen LogP contribution is 2.40. The van der Waals surface area contributed by atoms with Gasteiger partial charge in [0.1, 0.15) is 0 Å². The van der Waals surface area contributed by atoms with Crippen molar-refractivity contribution in [3.8, 4) is 10.4 Å². The minimum atomic E-state index is -3.65. The van der Waals surface area contributed by atoms with Crippen molar-refractivity contribution < 1.29 is 17.9 Å². The van der Waals surface area contributed by atoms with Crippen molar-refractivity contribution >= 4 is 44.9 Å². The van der Waals surface area contributed by atoms with Crippen LogP contribution in [-0.4, -0.2) is 62.8 Å². The van der Waals surface area contributed by atoms with Crippen LogP contribution in [0.1, 0.15) is 57.4 Å². The van der Waals surface area contributed by atoms with Gasteiger partial charge < -0.3 is 15.0 Å². The fourth-order valence-electron chi connectivity index (χ4n) is 4.72. The monoisotopic (exact) mass is 552 g/mol. The molecule has 36 heavy (non-hydrogen) atoms. The van der Waals surface area contributed by atoms with Gasteiger partial charge in [0, 0.05) is 60.5 Å². The Labute approximate surface area is 222 Å². The third kappa shape index (κ3) is 6.73. The molecule has 2 aliphatic rings. The Morgan fingerprint density at radius 2 is 1.92 bits per heavy atom. The predicted molar refractivity (Wildman–Crippen MR) is 148 cm³/mol. The van der Waals surface area contributed by atoms with E-state index in [0.717, 1.165) is 65.9 Å². The molecule has 0 bridgehead atoms. The molecule has 1 aromatic heterocycles. The van der Waals surface area contributed by atoms with Gasteiger partial charge in [-0.05, 0) is 51.7 Å². The van der Waals surface area contributed by atoms with Crippen LogP contribution < -0.4 is 14.9 Å². The second-order valence-electron chi connectivity index (χ2n) is 9.49. The molecule has 0 unspecified atom stereocenters. The average molecular weight is 553 g/mol. The van der Waals surface area contributed by atoms with E-state index < -0.39 is 10.0 Å². The molecule has 2 aromatic rings. The van der Waals surface area contributed by atoms with Crippen LogP contribution >= 0.6 is 23.1 Å². The van der Waals surface area contributed by atoms with Crippen LogP contribution in [0.25, 0.3) is 10.4 Å². The van der Waals surface area contributed by atoms with Gasteiger partial charge in [-0.25, -0.2) is 22.9 Å². The first-order chi connectivity index (χ1) is 17.3. The van der Waals surface area contributed by atoms with Crippen LogP contribution in [0, 0.1) is 0 Å². The molecule has 8 nitrogen and oxygen atoms in total. The molecule has 2 N–H and O–H groups in total. The number of thioether (sulfide) groups is 1. The maximum absolute atomic E-state index is 13.2. The summed E-state index contributed by atoms with van der Waals surface area (Å²) in [7, 11) is -3.65. The number of benzene rings is 1. The maximum Gasteiger partial charge on any atom is 0.407 e. The van der Waals surface area contributed by atoms with Gasteiger partial charge in [-0.15, -0.1) is 11.3 Å². The number of thiazole rings is 1. The number of alkyl carbamates (subject to hydrolysis) is 1. The summed E-state index contributed by atoms with van der Waals surface area (Å²) < 4.78 is 34.2. The first-order valence-electron chi connectivity index (χ1n) is 12.7. The van der Waals surface area contributed by atoms with Crippen molar-refractivity contribution in [1.29, 1.82) is 0 Å². The van der Waals surface area contributed by atoms with E-state index in [1.165, 1.54) is 0 Å². The first-order valence-corrected chi connectivity index (χ1v) is 16.1. The van der Waals surface area contributed by atoms with E-state index in [2.05, 4.69) is 14.9 Å². The minimum absolute atomic E-state index is 0.115. The van der Waals surface area contributed by atoms with Crippen molar-refractivity contribution in [2.75, 3.05) is 36.0 Å². The summed E-state index contributed by atoms with van der Waals surface area (Å²) in [6.45, 7) is 7.64. The Morgan fingerprint density at radius 1 is 1.19 bits per heavy atom. The van der Waals surface area contributed by atoms with Gasteiger partial charge in [-0.1, -0.05) is 13.0 Å². The van der Waals surface area contributed by atoms with E-state index in [-0.39, 0.29) is 18.2 Å². The fourth-order valence-corrected chi connectivity index (χ4v) is 8.10. The summed E-state index contributed by atoms with van der Waals surface area (Å²) in [5, 5.41) is 3.99. The molecule has 2 heterocycles. The number of nitrogens with zero attached hydrogens (tertiary/aromatic N) is 2. The Kier molecular flexibility index (Phi) is 9.19. The lowest BCUT2D eigenvalue weighted by atomic mass is 9.86. The molecule has 1 saturated heterocycles. The summed E-state index contributed by atoms with van der Waals surface area (Å²) in [5.41, 5.74) is 1.64. The normalized spacial score (nSPS) is 20.9. The van der Waals surface area contributed by atoms with Crippen molar-refractivity contribution in [1.82, 2.24) is 15.0 Å². The number of aromatic nitrogens is 1. The lowest BCUT2D eigenvalue weighted by Gasteiger charge is -2.29. The third-order valence-electron chi connectivity index (χ3n) is 6.50. The zero-order chi connectivity index (χ0) is 25.7. The molecule has 1 aliphatic heterocycles. The first kappa shape index (κ1) is 27.2.